The van der Waals surface area contributed by atoms with E-state index in [1.165, 1.54) is 4.31 Å². The largest absolute Gasteiger partial charge is 0.297 e. The van der Waals surface area contributed by atoms with Crippen LogP contribution in [0.1, 0.15) is 39.2 Å². The second-order valence-electron chi connectivity index (χ2n) is 6.70. The van der Waals surface area contributed by atoms with E-state index >= 15 is 0 Å². The predicted octanol–water partition coefficient (Wildman–Crippen LogP) is 2.76. The van der Waals surface area contributed by atoms with Crippen molar-refractivity contribution in [2.24, 2.45) is 5.41 Å². The maximum atomic E-state index is 12.8. The van der Waals surface area contributed by atoms with Crippen molar-refractivity contribution in [1.29, 1.82) is 0 Å². The second-order valence-corrected chi connectivity index (χ2v) is 8.59. The number of Topliss-reactive ketones (excluding diaryl/α,β-unsaturated/α-hetero) is 1. The van der Waals surface area contributed by atoms with Crippen LogP contribution < -0.4 is 0 Å². The molecule has 1 aliphatic heterocycles. The van der Waals surface area contributed by atoms with Crippen molar-refractivity contribution < 1.29 is 13.2 Å². The first-order valence-corrected chi connectivity index (χ1v) is 8.71. The van der Waals surface area contributed by atoms with Crippen LogP contribution in [0.4, 0.5) is 0 Å². The Bertz CT molecular complexity index is 626. The van der Waals surface area contributed by atoms with Gasteiger partial charge in [0.2, 0.25) is 10.0 Å². The Kier molecular flexibility index (Phi) is 4.26. The highest BCUT2D eigenvalue weighted by Gasteiger charge is 2.42. The topological polar surface area (TPSA) is 54.5 Å². The molecule has 0 bridgehead atoms. The summed E-state index contributed by atoms with van der Waals surface area (Å²) >= 11 is 0. The molecule has 0 spiro atoms. The van der Waals surface area contributed by atoms with Crippen molar-refractivity contribution in [2.75, 3.05) is 6.54 Å². The fourth-order valence-corrected chi connectivity index (χ4v) is 4.29. The van der Waals surface area contributed by atoms with Gasteiger partial charge in [0.15, 0.2) is 5.78 Å². The zero-order valence-corrected chi connectivity index (χ0v) is 13.9. The number of carbonyl (C=O) groups is 1. The Balaban J connectivity index is 2.35. The van der Waals surface area contributed by atoms with Gasteiger partial charge in [0.05, 0.1) is 10.9 Å². The molecule has 1 atom stereocenters. The Hall–Kier alpha value is -1.20. The third-order valence-electron chi connectivity index (χ3n) is 3.87. The number of benzene rings is 1. The van der Waals surface area contributed by atoms with Crippen LogP contribution in [0.2, 0.25) is 0 Å². The molecule has 0 saturated carbocycles. The molecular formula is C16H23NO3S. The molecule has 1 aromatic carbocycles. The molecular weight excluding hydrogens is 286 g/mol. The van der Waals surface area contributed by atoms with Crippen molar-refractivity contribution in [3.8, 4) is 0 Å². The van der Waals surface area contributed by atoms with E-state index in [2.05, 4.69) is 0 Å². The molecule has 1 heterocycles. The van der Waals surface area contributed by atoms with Gasteiger partial charge in [-0.05, 0) is 31.9 Å². The van der Waals surface area contributed by atoms with Crippen LogP contribution in [0, 0.1) is 12.3 Å². The van der Waals surface area contributed by atoms with Gasteiger partial charge in [-0.25, -0.2) is 8.42 Å². The predicted molar refractivity (Wildman–Crippen MR) is 82.6 cm³/mol. The molecule has 0 radical (unpaired) electrons. The minimum absolute atomic E-state index is 0.00399. The molecule has 0 aromatic heterocycles. The van der Waals surface area contributed by atoms with Gasteiger partial charge in [-0.15, -0.1) is 0 Å². The summed E-state index contributed by atoms with van der Waals surface area (Å²) in [4.78, 5) is 12.8. The van der Waals surface area contributed by atoms with Crippen molar-refractivity contribution in [3.05, 3.63) is 29.8 Å². The quantitative estimate of drug-likeness (QED) is 0.862. The van der Waals surface area contributed by atoms with Crippen LogP contribution in [0.3, 0.4) is 0 Å². The van der Waals surface area contributed by atoms with E-state index in [-0.39, 0.29) is 10.7 Å². The smallest absolute Gasteiger partial charge is 0.243 e. The van der Waals surface area contributed by atoms with E-state index in [0.717, 1.165) is 12.0 Å². The van der Waals surface area contributed by atoms with Gasteiger partial charge in [-0.3, -0.25) is 4.79 Å². The summed E-state index contributed by atoms with van der Waals surface area (Å²) in [5, 5.41) is 0. The number of ketones is 1. The molecule has 1 fully saturated rings. The first-order valence-electron chi connectivity index (χ1n) is 7.27. The minimum atomic E-state index is -3.60. The summed E-state index contributed by atoms with van der Waals surface area (Å²) in [7, 11) is -3.60. The molecule has 21 heavy (non-hydrogen) atoms. The summed E-state index contributed by atoms with van der Waals surface area (Å²) in [5.41, 5.74) is 0.480. The number of rotatable bonds is 3. The number of hydrogen-bond donors (Lipinski definition) is 0. The number of sulfonamides is 1. The van der Waals surface area contributed by atoms with E-state index in [4.69, 9.17) is 0 Å². The lowest BCUT2D eigenvalue weighted by Gasteiger charge is -2.28. The van der Waals surface area contributed by atoms with Crippen LogP contribution in [-0.2, 0) is 14.8 Å². The minimum Gasteiger partial charge on any atom is -0.297 e. The summed E-state index contributed by atoms with van der Waals surface area (Å²) in [6.45, 7) is 7.85. The monoisotopic (exact) mass is 309 g/mol. The van der Waals surface area contributed by atoms with E-state index in [1.54, 1.807) is 24.3 Å². The molecule has 1 saturated heterocycles. The number of nitrogens with zero attached hydrogens (tertiary/aromatic N) is 1. The zero-order valence-electron chi connectivity index (χ0n) is 13.1. The molecule has 1 aliphatic rings. The molecule has 0 aliphatic carbocycles. The maximum absolute atomic E-state index is 12.8. The molecule has 5 heteroatoms. The summed E-state index contributed by atoms with van der Waals surface area (Å²) in [6.07, 6.45) is 1.35. The maximum Gasteiger partial charge on any atom is 0.243 e. The highest BCUT2D eigenvalue weighted by atomic mass is 32.2. The fourth-order valence-electron chi connectivity index (χ4n) is 2.64. The standard InChI is InChI=1S/C16H23NO3S/c1-12-7-9-13(10-8-12)21(19,20)17-11-5-6-14(17)15(18)16(2,3)4/h7-10,14H,5-6,11H2,1-4H3/t14-/m0/s1. The van der Waals surface area contributed by atoms with Crippen molar-refractivity contribution in [2.45, 2.75) is 51.5 Å². The number of aryl methyl sites for hydroxylation is 1. The Labute approximate surface area is 127 Å². The van der Waals surface area contributed by atoms with Gasteiger partial charge in [0.1, 0.15) is 0 Å². The molecule has 2 rings (SSSR count). The van der Waals surface area contributed by atoms with Crippen molar-refractivity contribution in [1.82, 2.24) is 4.31 Å². The van der Waals surface area contributed by atoms with Crippen LogP contribution in [0.5, 0.6) is 0 Å². The summed E-state index contributed by atoms with van der Waals surface area (Å²) in [5.74, 6) is -0.00399. The van der Waals surface area contributed by atoms with E-state index in [9.17, 15) is 13.2 Å². The van der Waals surface area contributed by atoms with Gasteiger partial charge in [0.25, 0.3) is 0 Å². The van der Waals surface area contributed by atoms with Crippen molar-refractivity contribution >= 4 is 15.8 Å². The molecule has 116 valence electrons. The van der Waals surface area contributed by atoms with E-state index in [1.807, 2.05) is 27.7 Å². The van der Waals surface area contributed by atoms with Crippen LogP contribution in [0.25, 0.3) is 0 Å². The van der Waals surface area contributed by atoms with Gasteiger partial charge in [0, 0.05) is 12.0 Å². The van der Waals surface area contributed by atoms with Gasteiger partial charge in [-0.2, -0.15) is 4.31 Å². The molecule has 4 nitrogen and oxygen atoms in total. The van der Waals surface area contributed by atoms with Crippen LogP contribution in [-0.4, -0.2) is 31.1 Å². The first-order chi connectivity index (χ1) is 9.64. The average Bonchev–Trinajstić information content (AvgIpc) is 2.87. The SMILES string of the molecule is Cc1ccc(S(=O)(=O)N2CCC[C@H]2C(=O)C(C)(C)C)cc1. The zero-order chi connectivity index (χ0) is 15.8. The number of hydrogen-bond acceptors (Lipinski definition) is 3. The summed E-state index contributed by atoms with van der Waals surface area (Å²) < 4.78 is 26.9. The lowest BCUT2D eigenvalue weighted by atomic mass is 9.86. The van der Waals surface area contributed by atoms with E-state index in [0.29, 0.717) is 13.0 Å². The first kappa shape index (κ1) is 16.2. The Morgan fingerprint density at radius 3 is 2.29 bits per heavy atom. The highest BCUT2D eigenvalue weighted by Crippen LogP contribution is 2.31. The number of carbonyl (C=O) groups excluding carboxylic acids is 1. The van der Waals surface area contributed by atoms with Gasteiger partial charge >= 0.3 is 0 Å². The van der Waals surface area contributed by atoms with E-state index < -0.39 is 21.5 Å². The van der Waals surface area contributed by atoms with Gasteiger partial charge < -0.3 is 0 Å². The highest BCUT2D eigenvalue weighted by molar-refractivity contribution is 7.89. The van der Waals surface area contributed by atoms with Gasteiger partial charge in [-0.1, -0.05) is 38.5 Å². The van der Waals surface area contributed by atoms with Crippen molar-refractivity contribution in [3.63, 3.8) is 0 Å². The van der Waals surface area contributed by atoms with Crippen LogP contribution >= 0.6 is 0 Å². The lowest BCUT2D eigenvalue weighted by Crippen LogP contribution is -2.44. The molecule has 0 amide bonds. The fraction of sp³-hybridized carbons (Fsp3) is 0.562. The third kappa shape index (κ3) is 3.19. The molecule has 1 aromatic rings. The second kappa shape index (κ2) is 5.54. The van der Waals surface area contributed by atoms with Crippen LogP contribution in [0.15, 0.2) is 29.2 Å². The normalized spacial score (nSPS) is 20.7. The summed E-state index contributed by atoms with van der Waals surface area (Å²) in [6, 6.07) is 6.26. The lowest BCUT2D eigenvalue weighted by molar-refractivity contribution is -0.129. The molecule has 0 unspecified atom stereocenters. The Morgan fingerprint density at radius 2 is 1.76 bits per heavy atom. The Morgan fingerprint density at radius 1 is 1.19 bits per heavy atom. The average molecular weight is 309 g/mol. The third-order valence-corrected chi connectivity index (χ3v) is 5.80. The molecule has 0 N–H and O–H groups in total.